The van der Waals surface area contributed by atoms with Gasteiger partial charge in [0.1, 0.15) is 9.52 Å². The van der Waals surface area contributed by atoms with Gasteiger partial charge in [0.05, 0.1) is 17.4 Å². The Morgan fingerprint density at radius 2 is 1.95 bits per heavy atom. The Kier molecular flexibility index (Phi) is 2.96. The third-order valence-electron chi connectivity index (χ3n) is 2.94. The summed E-state index contributed by atoms with van der Waals surface area (Å²) in [7, 11) is 0. The Labute approximate surface area is 121 Å². The summed E-state index contributed by atoms with van der Waals surface area (Å²) in [5, 5.41) is 5.23. The molecule has 6 heteroatoms. The van der Waals surface area contributed by atoms with Crippen LogP contribution in [0.3, 0.4) is 0 Å². The third kappa shape index (κ3) is 1.99. The smallest absolute Gasteiger partial charge is 0.212 e. The lowest BCUT2D eigenvalue weighted by atomic mass is 10.1. The molecule has 0 aliphatic rings. The zero-order chi connectivity index (χ0) is 13.6. The second kappa shape index (κ2) is 4.52. The highest BCUT2D eigenvalue weighted by Crippen LogP contribution is 2.27. The molecule has 19 heavy (non-hydrogen) atoms. The molecule has 0 atom stereocenters. The Balaban J connectivity index is 2.35. The van der Waals surface area contributed by atoms with Gasteiger partial charge in [0.15, 0.2) is 0 Å². The van der Waals surface area contributed by atoms with Crippen LogP contribution in [-0.2, 0) is 0 Å². The minimum atomic E-state index is -0.558. The van der Waals surface area contributed by atoms with Crippen LogP contribution in [0.5, 0.6) is 0 Å². The van der Waals surface area contributed by atoms with E-state index < -0.39 is 5.95 Å². The average Bonchev–Trinajstić information content (AvgIpc) is 2.73. The molecular weight excluding hydrogens is 363 g/mol. The third-order valence-corrected chi connectivity index (χ3v) is 3.74. The fourth-order valence-corrected chi connectivity index (χ4v) is 2.64. The Bertz CT molecular complexity index is 766. The van der Waals surface area contributed by atoms with Crippen molar-refractivity contribution >= 4 is 33.5 Å². The number of benzene rings is 1. The number of aryl methyl sites for hydroxylation is 1. The zero-order valence-electron chi connectivity index (χ0n) is 9.86. The van der Waals surface area contributed by atoms with Gasteiger partial charge in [0.25, 0.3) is 0 Å². The van der Waals surface area contributed by atoms with Crippen molar-refractivity contribution in [3.8, 4) is 5.69 Å². The first kappa shape index (κ1) is 12.5. The maximum Gasteiger partial charge on any atom is 0.212 e. The monoisotopic (exact) mass is 371 g/mol. The summed E-state index contributed by atoms with van der Waals surface area (Å²) in [6, 6.07) is 5.94. The minimum Gasteiger partial charge on any atom is -0.230 e. The van der Waals surface area contributed by atoms with Crippen LogP contribution in [-0.4, -0.2) is 14.8 Å². The molecule has 0 fully saturated rings. The zero-order valence-corrected chi connectivity index (χ0v) is 12.0. The lowest BCUT2D eigenvalue weighted by Crippen LogP contribution is -2.00. The van der Waals surface area contributed by atoms with E-state index >= 15 is 0 Å². The van der Waals surface area contributed by atoms with Crippen molar-refractivity contribution < 1.29 is 8.78 Å². The Hall–Kier alpha value is -1.57. The first-order valence-electron chi connectivity index (χ1n) is 5.53. The van der Waals surface area contributed by atoms with Gasteiger partial charge in [-0.15, -0.1) is 0 Å². The van der Waals surface area contributed by atoms with Crippen molar-refractivity contribution in [3.63, 3.8) is 0 Å². The highest BCUT2D eigenvalue weighted by atomic mass is 127. The quantitative estimate of drug-likeness (QED) is 0.483. The molecule has 3 rings (SSSR count). The van der Waals surface area contributed by atoms with E-state index in [9.17, 15) is 8.78 Å². The van der Waals surface area contributed by atoms with Gasteiger partial charge < -0.3 is 0 Å². The molecule has 0 aliphatic carbocycles. The molecule has 1 aromatic carbocycles. The van der Waals surface area contributed by atoms with E-state index in [1.54, 1.807) is 23.7 Å². The fraction of sp³-hybridized carbons (Fsp3) is 0.0769. The number of rotatable bonds is 1. The SMILES string of the molecule is Cc1c(F)ccc2c(I)nn(-c3ccc(F)nc3)c12. The molecule has 0 unspecified atom stereocenters. The van der Waals surface area contributed by atoms with Crippen molar-refractivity contribution in [3.05, 3.63) is 51.5 Å². The van der Waals surface area contributed by atoms with E-state index in [1.165, 1.54) is 18.3 Å². The summed E-state index contributed by atoms with van der Waals surface area (Å²) in [4.78, 5) is 3.60. The maximum atomic E-state index is 13.7. The van der Waals surface area contributed by atoms with Gasteiger partial charge in [-0.3, -0.25) is 0 Å². The van der Waals surface area contributed by atoms with Gasteiger partial charge in [0.2, 0.25) is 5.95 Å². The van der Waals surface area contributed by atoms with Crippen molar-refractivity contribution in [2.24, 2.45) is 0 Å². The molecular formula is C13H8F2IN3. The van der Waals surface area contributed by atoms with Crippen molar-refractivity contribution in [1.82, 2.24) is 14.8 Å². The summed E-state index contributed by atoms with van der Waals surface area (Å²) >= 11 is 2.09. The van der Waals surface area contributed by atoms with Crippen LogP contribution in [0.2, 0.25) is 0 Å². The van der Waals surface area contributed by atoms with Gasteiger partial charge >= 0.3 is 0 Å². The molecule has 96 valence electrons. The van der Waals surface area contributed by atoms with Crippen LogP contribution in [0.1, 0.15) is 5.56 Å². The van der Waals surface area contributed by atoms with Gasteiger partial charge in [-0.05, 0) is 53.8 Å². The molecule has 0 N–H and O–H groups in total. The van der Waals surface area contributed by atoms with E-state index in [1.807, 2.05) is 0 Å². The predicted molar refractivity (Wildman–Crippen MR) is 76.2 cm³/mol. The van der Waals surface area contributed by atoms with Crippen molar-refractivity contribution in [2.45, 2.75) is 6.92 Å². The molecule has 0 spiro atoms. The van der Waals surface area contributed by atoms with E-state index in [2.05, 4.69) is 32.7 Å². The Morgan fingerprint density at radius 1 is 1.16 bits per heavy atom. The number of hydrogen-bond acceptors (Lipinski definition) is 2. The van der Waals surface area contributed by atoms with Gasteiger partial charge in [0, 0.05) is 10.9 Å². The second-order valence-corrected chi connectivity index (χ2v) is 5.13. The summed E-state index contributed by atoms with van der Waals surface area (Å²) in [6.07, 6.45) is 1.38. The summed E-state index contributed by atoms with van der Waals surface area (Å²) in [5.74, 6) is -0.849. The lowest BCUT2D eigenvalue weighted by molar-refractivity contribution is 0.582. The standard InChI is InChI=1S/C13H8F2IN3/c1-7-10(14)4-3-9-12(7)19(18-13(9)16)8-2-5-11(15)17-6-8/h2-6H,1H3. The molecule has 0 radical (unpaired) electrons. The molecule has 0 saturated heterocycles. The highest BCUT2D eigenvalue weighted by molar-refractivity contribution is 14.1. The van der Waals surface area contributed by atoms with Gasteiger partial charge in [-0.25, -0.2) is 14.1 Å². The van der Waals surface area contributed by atoms with Crippen LogP contribution in [0.4, 0.5) is 8.78 Å². The number of nitrogens with zero attached hydrogens (tertiary/aromatic N) is 3. The number of hydrogen-bond donors (Lipinski definition) is 0. The van der Waals surface area contributed by atoms with Crippen LogP contribution in [0.25, 0.3) is 16.6 Å². The molecule has 3 aromatic rings. The molecule has 0 bridgehead atoms. The molecule has 3 nitrogen and oxygen atoms in total. The van der Waals surface area contributed by atoms with Crippen LogP contribution in [0, 0.1) is 22.4 Å². The lowest BCUT2D eigenvalue weighted by Gasteiger charge is -2.05. The molecule has 0 amide bonds. The number of halogens is 3. The molecule has 2 aromatic heterocycles. The number of fused-ring (bicyclic) bond motifs is 1. The van der Waals surface area contributed by atoms with Crippen molar-refractivity contribution in [1.29, 1.82) is 0 Å². The molecule has 0 aliphatic heterocycles. The summed E-state index contributed by atoms with van der Waals surface area (Å²) < 4.78 is 28.9. The van der Waals surface area contributed by atoms with Crippen LogP contribution >= 0.6 is 22.6 Å². The second-order valence-electron chi connectivity index (χ2n) is 4.11. The van der Waals surface area contributed by atoms with Gasteiger partial charge in [-0.2, -0.15) is 9.49 Å². The summed E-state index contributed by atoms with van der Waals surface area (Å²) in [6.45, 7) is 1.70. The largest absolute Gasteiger partial charge is 0.230 e. The number of aromatic nitrogens is 3. The van der Waals surface area contributed by atoms with Crippen molar-refractivity contribution in [2.75, 3.05) is 0 Å². The Morgan fingerprint density at radius 3 is 2.63 bits per heavy atom. The number of pyridine rings is 1. The first-order chi connectivity index (χ1) is 9.08. The van der Waals surface area contributed by atoms with E-state index in [-0.39, 0.29) is 5.82 Å². The minimum absolute atomic E-state index is 0.292. The highest BCUT2D eigenvalue weighted by Gasteiger charge is 2.14. The van der Waals surface area contributed by atoms with E-state index in [4.69, 9.17) is 0 Å². The molecule has 0 saturated carbocycles. The predicted octanol–water partition coefficient (Wildman–Crippen LogP) is 3.61. The van der Waals surface area contributed by atoms with E-state index in [0.29, 0.717) is 16.8 Å². The fourth-order valence-electron chi connectivity index (χ4n) is 1.99. The maximum absolute atomic E-state index is 13.7. The molecule has 2 heterocycles. The topological polar surface area (TPSA) is 30.7 Å². The van der Waals surface area contributed by atoms with Crippen LogP contribution in [0.15, 0.2) is 30.5 Å². The summed E-state index contributed by atoms with van der Waals surface area (Å²) in [5.41, 5.74) is 1.79. The normalized spacial score (nSPS) is 11.2. The van der Waals surface area contributed by atoms with Crippen LogP contribution < -0.4 is 0 Å². The van der Waals surface area contributed by atoms with Gasteiger partial charge in [-0.1, -0.05) is 0 Å². The first-order valence-corrected chi connectivity index (χ1v) is 6.61. The average molecular weight is 371 g/mol. The van der Waals surface area contributed by atoms with E-state index in [0.717, 1.165) is 9.09 Å².